The molecule has 10 atom stereocenters. The van der Waals surface area contributed by atoms with Crippen LogP contribution in [0.5, 0.6) is 0 Å². The van der Waals surface area contributed by atoms with Gasteiger partial charge in [-0.2, -0.15) is 10.2 Å². The van der Waals surface area contributed by atoms with Crippen molar-refractivity contribution in [2.45, 2.75) is 147 Å². The van der Waals surface area contributed by atoms with E-state index in [9.17, 15) is 24.3 Å². The SMILES string of the molecule is CC(C)CNc1nc2c(ncn2[C@@H]2O[C@H](COP(=O)(OCCC#N)O[C@@H]3[C@@H]4O[Si](C(C)C)(C(C)C)O[Si](C(C)C)(C(C)C)OC[C@H]4O[C@H]3n3cc(F)c4c(=O)[nH]cnc43)[C@@H](O[PH](=O)O)[C@H]2F)c(=O)[nH]1. The van der Waals surface area contributed by atoms with Gasteiger partial charge in [-0.3, -0.25) is 37.3 Å². The molecule has 69 heavy (non-hydrogen) atoms. The van der Waals surface area contributed by atoms with Gasteiger partial charge >= 0.3 is 33.2 Å². The lowest BCUT2D eigenvalue weighted by Crippen LogP contribution is -2.65. The third kappa shape index (κ3) is 10.5. The predicted molar refractivity (Wildman–Crippen MR) is 249 cm³/mol. The number of anilines is 1. The summed E-state index contributed by atoms with van der Waals surface area (Å²) in [4.78, 5) is 53.5. The normalized spacial score (nSPS) is 27.3. The minimum absolute atomic E-state index is 0.0544. The van der Waals surface area contributed by atoms with Crippen LogP contribution in [0.25, 0.3) is 22.2 Å². The fourth-order valence-corrected chi connectivity index (χ4v) is 22.2. The number of alkyl halides is 1. The maximum atomic E-state index is 16.6. The monoisotopic (exact) mass is 1050 g/mol. The molecule has 0 aromatic carbocycles. The summed E-state index contributed by atoms with van der Waals surface area (Å²) in [6.45, 7) is 18.9. The van der Waals surface area contributed by atoms with Gasteiger partial charge in [-0.1, -0.05) is 69.2 Å². The molecule has 4 aromatic rings. The number of fused-ring (bicyclic) bond motifs is 3. The number of nitrogens with zero attached hydrogens (tertiary/aromatic N) is 6. The van der Waals surface area contributed by atoms with Gasteiger partial charge in [0.1, 0.15) is 35.9 Å². The lowest BCUT2D eigenvalue weighted by atomic mass is 10.1. The molecule has 0 saturated carbocycles. The highest BCUT2D eigenvalue weighted by Crippen LogP contribution is 2.57. The summed E-state index contributed by atoms with van der Waals surface area (Å²) in [5.74, 6) is -0.715. The van der Waals surface area contributed by atoms with Crippen molar-refractivity contribution in [3.63, 3.8) is 0 Å². The second kappa shape index (κ2) is 21.2. The zero-order valence-corrected chi connectivity index (χ0v) is 43.8. The Kier molecular flexibility index (Phi) is 16.4. The van der Waals surface area contributed by atoms with Crippen LogP contribution in [0, 0.1) is 23.1 Å². The molecule has 382 valence electrons. The van der Waals surface area contributed by atoms with E-state index in [4.69, 9.17) is 40.5 Å². The van der Waals surface area contributed by atoms with Crippen LogP contribution in [-0.4, -0.2) is 119 Å². The van der Waals surface area contributed by atoms with Crippen molar-refractivity contribution in [2.75, 3.05) is 31.7 Å². The van der Waals surface area contributed by atoms with E-state index >= 15 is 13.3 Å². The van der Waals surface area contributed by atoms with Gasteiger partial charge in [-0.05, 0) is 28.1 Å². The van der Waals surface area contributed by atoms with Crippen LogP contribution in [-0.2, 0) is 49.7 Å². The van der Waals surface area contributed by atoms with Crippen molar-refractivity contribution < 1.29 is 63.3 Å². The number of ether oxygens (including phenoxy) is 2. The van der Waals surface area contributed by atoms with E-state index in [2.05, 4.69) is 30.2 Å². The van der Waals surface area contributed by atoms with Gasteiger partial charge in [0.15, 0.2) is 41.3 Å². The van der Waals surface area contributed by atoms with E-state index in [0.717, 1.165) is 23.4 Å². The number of phosphoric ester groups is 1. The zero-order valence-electron chi connectivity index (χ0n) is 39.9. The smallest absolute Gasteiger partial charge is 0.414 e. The van der Waals surface area contributed by atoms with Crippen LogP contribution < -0.4 is 16.4 Å². The molecular weight excluding hydrogens is 987 g/mol. The number of hydrogen-bond acceptors (Lipinski definition) is 18. The summed E-state index contributed by atoms with van der Waals surface area (Å²) in [7, 11) is -15.6. The van der Waals surface area contributed by atoms with Crippen molar-refractivity contribution in [1.82, 2.24) is 34.1 Å². The highest BCUT2D eigenvalue weighted by atomic mass is 31.2. The minimum atomic E-state index is -5.07. The standard InChI is InChI=1S/C40H61F2N9O14P2Si2/c1-20(2)14-44-40-48-35-30(37(53)49-40)47-19-51(35)38-29(42)31(62-66(54)55)26(60-38)16-58-67(56,57-13-11-12-43)63-33-32-27(61-39(33)50-15-25(41)28-34(50)45-18-46-36(28)52)17-59-68(21(3)4,22(5)6)65-69(64-32,23(7)8)24(9)10/h15,18-24,26-27,29,31-33,38-39,66H,11,13-14,16-17H2,1-10H3,(H,54,55)(H,45,46,52)(H2,44,48,49,53)/t26-,27-,29-,31-,32-,33-,38-,39-,67?/m1/s1. The first-order chi connectivity index (χ1) is 32.6. The number of halogens is 2. The topological polar surface area (TPSA) is 288 Å². The third-order valence-electron chi connectivity index (χ3n) is 12.5. The molecule has 7 rings (SSSR count). The van der Waals surface area contributed by atoms with E-state index in [1.165, 1.54) is 4.57 Å². The number of nitrogens with one attached hydrogen (secondary N) is 3. The van der Waals surface area contributed by atoms with Crippen molar-refractivity contribution in [2.24, 2.45) is 5.92 Å². The molecule has 4 aromatic heterocycles. The van der Waals surface area contributed by atoms with Gasteiger partial charge in [0, 0.05) is 12.7 Å². The number of phosphoric acid groups is 1. The molecule has 2 unspecified atom stereocenters. The third-order valence-corrected chi connectivity index (χ3v) is 24.6. The summed E-state index contributed by atoms with van der Waals surface area (Å²) in [6, 6.07) is 1.89. The zero-order chi connectivity index (χ0) is 50.3. The highest BCUT2D eigenvalue weighted by molar-refractivity contribution is 7.48. The van der Waals surface area contributed by atoms with Gasteiger partial charge in [0.25, 0.3) is 11.1 Å². The summed E-state index contributed by atoms with van der Waals surface area (Å²) in [6.07, 6.45) is -9.74. The van der Waals surface area contributed by atoms with Crippen molar-refractivity contribution >= 4 is 61.3 Å². The van der Waals surface area contributed by atoms with Gasteiger partial charge in [-0.15, -0.1) is 0 Å². The second-order valence-corrected chi connectivity index (χ2v) is 30.1. The maximum Gasteiger partial charge on any atom is 0.475 e. The molecule has 0 amide bonds. The molecule has 23 nitrogen and oxygen atoms in total. The van der Waals surface area contributed by atoms with Crippen LogP contribution in [0.4, 0.5) is 14.7 Å². The summed E-state index contributed by atoms with van der Waals surface area (Å²) >= 11 is 0. The first-order valence-electron chi connectivity index (χ1n) is 22.8. The van der Waals surface area contributed by atoms with Crippen LogP contribution >= 0.6 is 16.1 Å². The molecule has 0 aliphatic carbocycles. The fraction of sp³-hybridized carbons (Fsp3) is 0.700. The summed E-state index contributed by atoms with van der Waals surface area (Å²) in [5.41, 5.74) is -2.37. The van der Waals surface area contributed by atoms with Gasteiger partial charge in [0.05, 0.1) is 45.0 Å². The Hall–Kier alpha value is -3.59. The molecule has 3 fully saturated rings. The number of imidazole rings is 1. The molecule has 3 aliphatic rings. The van der Waals surface area contributed by atoms with E-state index < -0.39 is 118 Å². The molecular formula is C40H61F2N9O14P2Si2. The van der Waals surface area contributed by atoms with Crippen molar-refractivity contribution in [3.8, 4) is 6.07 Å². The first-order valence-corrected chi connectivity index (χ1v) is 29.5. The number of aromatic amines is 2. The van der Waals surface area contributed by atoms with Crippen LogP contribution in [0.2, 0.25) is 22.2 Å². The van der Waals surface area contributed by atoms with Crippen LogP contribution in [0.3, 0.4) is 0 Å². The van der Waals surface area contributed by atoms with E-state index in [-0.39, 0.29) is 63.9 Å². The minimum Gasteiger partial charge on any atom is -0.414 e. The van der Waals surface area contributed by atoms with Crippen LogP contribution in [0.1, 0.15) is 88.1 Å². The molecule has 3 saturated heterocycles. The summed E-state index contributed by atoms with van der Waals surface area (Å²) in [5, 5.41) is 12.1. The number of hydrogen-bond donors (Lipinski definition) is 4. The Morgan fingerprint density at radius 3 is 2.32 bits per heavy atom. The Morgan fingerprint density at radius 1 is 0.986 bits per heavy atom. The lowest BCUT2D eigenvalue weighted by molar-refractivity contribution is -0.0618. The van der Waals surface area contributed by atoms with Gasteiger partial charge < -0.3 is 46.7 Å². The second-order valence-electron chi connectivity index (χ2n) is 18.9. The number of nitriles is 1. The Morgan fingerprint density at radius 2 is 1.68 bits per heavy atom. The molecule has 3 aliphatic heterocycles. The number of aromatic nitrogens is 7. The Labute approximate surface area is 398 Å². The number of rotatable bonds is 19. The molecule has 0 radical (unpaired) electrons. The van der Waals surface area contributed by atoms with E-state index in [0.29, 0.717) is 6.54 Å². The fourth-order valence-electron chi connectivity index (χ4n) is 9.12. The quantitative estimate of drug-likeness (QED) is 0.0451. The first kappa shape index (κ1) is 53.2. The lowest BCUT2D eigenvalue weighted by Gasteiger charge is -2.51. The van der Waals surface area contributed by atoms with Crippen LogP contribution in [0.15, 0.2) is 28.4 Å². The highest BCUT2D eigenvalue weighted by Gasteiger charge is 2.63. The maximum absolute atomic E-state index is 16.6. The predicted octanol–water partition coefficient (Wildman–Crippen LogP) is 6.36. The molecule has 29 heteroatoms. The molecule has 7 heterocycles. The molecule has 0 bridgehead atoms. The molecule has 0 spiro atoms. The van der Waals surface area contributed by atoms with Crippen molar-refractivity contribution in [1.29, 1.82) is 5.26 Å². The van der Waals surface area contributed by atoms with Gasteiger partial charge in [0.2, 0.25) is 5.95 Å². The summed E-state index contributed by atoms with van der Waals surface area (Å²) < 4.78 is 120. The van der Waals surface area contributed by atoms with E-state index in [1.54, 1.807) is 0 Å². The Balaban J connectivity index is 1.28. The Bertz CT molecular complexity index is 2680. The molecule has 4 N–H and O–H groups in total. The van der Waals surface area contributed by atoms with Crippen molar-refractivity contribution in [3.05, 3.63) is 45.4 Å². The average Bonchev–Trinajstić information content (AvgIpc) is 4.01. The average molecular weight is 1050 g/mol. The van der Waals surface area contributed by atoms with E-state index in [1.807, 2.05) is 75.3 Å². The number of H-pyrrole nitrogens is 2. The largest absolute Gasteiger partial charge is 0.475 e. The van der Waals surface area contributed by atoms with Gasteiger partial charge in [-0.25, -0.2) is 23.3 Å².